The number of nitrogens with one attached hydrogen (secondary N) is 2. The van der Waals surface area contributed by atoms with E-state index in [1.54, 1.807) is 32.5 Å². The topological polar surface area (TPSA) is 83.6 Å². The van der Waals surface area contributed by atoms with E-state index in [9.17, 15) is 9.59 Å². The number of carbonyl (C=O) groups excluding carboxylic acids is 2. The van der Waals surface area contributed by atoms with Gasteiger partial charge in [-0.2, -0.15) is 0 Å². The number of aromatic nitrogens is 1. The van der Waals surface area contributed by atoms with Crippen LogP contribution in [0.3, 0.4) is 0 Å². The number of benzene rings is 1. The lowest BCUT2D eigenvalue weighted by Gasteiger charge is -2.17. The molecule has 3 aromatic rings. The summed E-state index contributed by atoms with van der Waals surface area (Å²) in [6, 6.07) is 11.6. The van der Waals surface area contributed by atoms with Crippen LogP contribution in [0.5, 0.6) is 0 Å². The van der Waals surface area contributed by atoms with E-state index in [2.05, 4.69) is 21.7 Å². The van der Waals surface area contributed by atoms with Gasteiger partial charge in [-0.3, -0.25) is 9.59 Å². The summed E-state index contributed by atoms with van der Waals surface area (Å²) in [6.07, 6.45) is 2.47. The Bertz CT molecular complexity index is 1100. The van der Waals surface area contributed by atoms with Crippen molar-refractivity contribution < 1.29 is 14.3 Å². The van der Waals surface area contributed by atoms with E-state index in [-0.39, 0.29) is 17.7 Å². The van der Waals surface area contributed by atoms with Crippen molar-refractivity contribution >= 4 is 39.1 Å². The highest BCUT2D eigenvalue weighted by Crippen LogP contribution is 2.40. The van der Waals surface area contributed by atoms with Crippen molar-refractivity contribution in [1.82, 2.24) is 15.2 Å². The van der Waals surface area contributed by atoms with Crippen molar-refractivity contribution in [3.8, 4) is 0 Å². The zero-order chi connectivity index (χ0) is 21.8. The summed E-state index contributed by atoms with van der Waals surface area (Å²) < 4.78 is 6.14. The van der Waals surface area contributed by atoms with Crippen molar-refractivity contribution in [3.63, 3.8) is 0 Å². The van der Waals surface area contributed by atoms with Crippen LogP contribution >= 0.6 is 11.3 Å². The Morgan fingerprint density at radius 1 is 1.29 bits per heavy atom. The van der Waals surface area contributed by atoms with E-state index < -0.39 is 0 Å². The smallest absolute Gasteiger partial charge is 0.261 e. The number of thiophene rings is 1. The second kappa shape index (κ2) is 9.45. The molecule has 8 heteroatoms. The van der Waals surface area contributed by atoms with Gasteiger partial charge in [0.15, 0.2) is 0 Å². The molecule has 162 valence electrons. The molecule has 1 aliphatic rings. The number of carbonyl (C=O) groups is 2. The molecule has 2 aromatic heterocycles. The van der Waals surface area contributed by atoms with Crippen LogP contribution in [0, 0.1) is 0 Å². The predicted molar refractivity (Wildman–Crippen MR) is 123 cm³/mol. The van der Waals surface area contributed by atoms with Gasteiger partial charge >= 0.3 is 0 Å². The van der Waals surface area contributed by atoms with Crippen molar-refractivity contribution in [2.24, 2.45) is 0 Å². The Labute approximate surface area is 185 Å². The van der Waals surface area contributed by atoms with E-state index in [1.807, 2.05) is 23.1 Å². The molecule has 1 atom stereocenters. The standard InChI is InChI=1S/C23H26N4O3S/c1-24-19-13-15(7-9-25-19)23(29)27-11-8-16(14-27)20-17-5-3-4-6-18(17)31-21(20)22(28)26-10-12-30-2/h3-7,9,13,16H,8,10-12,14H2,1-2H3,(H,24,25)(H,26,28)/t16-/m1/s1. The van der Waals surface area contributed by atoms with Crippen molar-refractivity contribution in [2.45, 2.75) is 12.3 Å². The Morgan fingerprint density at radius 2 is 2.13 bits per heavy atom. The van der Waals surface area contributed by atoms with Crippen molar-refractivity contribution in [3.05, 3.63) is 58.6 Å². The SMILES string of the molecule is CNc1cc(C(=O)N2CC[C@@H](c3c(C(=O)NCCOC)sc4ccccc34)C2)ccn1. The number of fused-ring (bicyclic) bond motifs is 1. The lowest BCUT2D eigenvalue weighted by Crippen LogP contribution is -2.29. The van der Waals surface area contributed by atoms with Crippen LogP contribution in [0.15, 0.2) is 42.6 Å². The number of anilines is 1. The van der Waals surface area contributed by atoms with Gasteiger partial charge in [0.2, 0.25) is 0 Å². The maximum Gasteiger partial charge on any atom is 0.261 e. The van der Waals surface area contributed by atoms with Gasteiger partial charge in [-0.1, -0.05) is 18.2 Å². The molecule has 0 unspecified atom stereocenters. The third-order valence-electron chi connectivity index (χ3n) is 5.58. The molecule has 0 aliphatic carbocycles. The molecular formula is C23H26N4O3S. The predicted octanol–water partition coefficient (Wildman–Crippen LogP) is 3.34. The number of rotatable bonds is 7. The molecule has 0 spiro atoms. The summed E-state index contributed by atoms with van der Waals surface area (Å²) in [7, 11) is 3.40. The fourth-order valence-electron chi connectivity index (χ4n) is 4.05. The molecule has 1 fully saturated rings. The number of hydrogen-bond acceptors (Lipinski definition) is 6. The second-order valence-corrected chi connectivity index (χ2v) is 8.56. The number of likely N-dealkylation sites (tertiary alicyclic amines) is 1. The third-order valence-corrected chi connectivity index (χ3v) is 6.76. The first-order chi connectivity index (χ1) is 15.1. The molecule has 31 heavy (non-hydrogen) atoms. The van der Waals surface area contributed by atoms with Gasteiger partial charge in [0.05, 0.1) is 11.5 Å². The van der Waals surface area contributed by atoms with Gasteiger partial charge in [-0.05, 0) is 35.6 Å². The summed E-state index contributed by atoms with van der Waals surface area (Å²) in [5.41, 5.74) is 1.67. The Balaban J connectivity index is 1.59. The summed E-state index contributed by atoms with van der Waals surface area (Å²) in [5, 5.41) is 7.02. The third kappa shape index (κ3) is 4.40. The van der Waals surface area contributed by atoms with Gasteiger partial charge in [-0.15, -0.1) is 11.3 Å². The zero-order valence-corrected chi connectivity index (χ0v) is 18.5. The first kappa shape index (κ1) is 21.3. The lowest BCUT2D eigenvalue weighted by atomic mass is 9.95. The van der Waals surface area contributed by atoms with Gasteiger partial charge in [0.1, 0.15) is 5.82 Å². The average molecular weight is 439 g/mol. The number of pyridine rings is 1. The van der Waals surface area contributed by atoms with E-state index >= 15 is 0 Å². The van der Waals surface area contributed by atoms with E-state index in [4.69, 9.17) is 4.74 Å². The first-order valence-corrected chi connectivity index (χ1v) is 11.2. The summed E-state index contributed by atoms with van der Waals surface area (Å²) in [4.78, 5) is 32.8. The van der Waals surface area contributed by atoms with Crippen LogP contribution in [-0.4, -0.2) is 62.1 Å². The number of hydrogen-bond donors (Lipinski definition) is 2. The van der Waals surface area contributed by atoms with Crippen LogP contribution < -0.4 is 10.6 Å². The molecule has 0 saturated carbocycles. The van der Waals surface area contributed by atoms with Crippen LogP contribution in [0.1, 0.15) is 37.9 Å². The highest BCUT2D eigenvalue weighted by atomic mass is 32.1. The summed E-state index contributed by atoms with van der Waals surface area (Å²) >= 11 is 1.51. The first-order valence-electron chi connectivity index (χ1n) is 10.3. The number of ether oxygens (including phenoxy) is 1. The molecule has 1 saturated heterocycles. The largest absolute Gasteiger partial charge is 0.383 e. The van der Waals surface area contributed by atoms with E-state index in [1.165, 1.54) is 11.3 Å². The Kier molecular flexibility index (Phi) is 6.48. The van der Waals surface area contributed by atoms with Gasteiger partial charge in [0, 0.05) is 56.2 Å². The summed E-state index contributed by atoms with van der Waals surface area (Å²) in [5.74, 6) is 0.701. The number of methoxy groups -OCH3 is 1. The maximum absolute atomic E-state index is 13.1. The average Bonchev–Trinajstić information content (AvgIpc) is 3.43. The fraction of sp³-hybridized carbons (Fsp3) is 0.348. The van der Waals surface area contributed by atoms with Crippen molar-refractivity contribution in [1.29, 1.82) is 0 Å². The quantitative estimate of drug-likeness (QED) is 0.553. The van der Waals surface area contributed by atoms with Crippen LogP contribution in [0.25, 0.3) is 10.1 Å². The number of amides is 2. The molecule has 1 aliphatic heterocycles. The molecule has 7 nitrogen and oxygen atoms in total. The van der Waals surface area contributed by atoms with Crippen LogP contribution in [-0.2, 0) is 4.74 Å². The molecule has 0 radical (unpaired) electrons. The van der Waals surface area contributed by atoms with Crippen molar-refractivity contribution in [2.75, 3.05) is 45.7 Å². The minimum atomic E-state index is -0.0779. The monoisotopic (exact) mass is 438 g/mol. The normalized spacial score (nSPS) is 15.9. The molecular weight excluding hydrogens is 412 g/mol. The molecule has 2 amide bonds. The maximum atomic E-state index is 13.1. The van der Waals surface area contributed by atoms with Gasteiger partial charge in [0.25, 0.3) is 11.8 Å². The zero-order valence-electron chi connectivity index (χ0n) is 17.7. The minimum absolute atomic E-state index is 0.00738. The van der Waals surface area contributed by atoms with Gasteiger partial charge in [-0.25, -0.2) is 4.98 Å². The highest BCUT2D eigenvalue weighted by Gasteiger charge is 2.33. The fourth-order valence-corrected chi connectivity index (χ4v) is 5.26. The molecule has 0 bridgehead atoms. The summed E-state index contributed by atoms with van der Waals surface area (Å²) in [6.45, 7) is 2.19. The minimum Gasteiger partial charge on any atom is -0.383 e. The highest BCUT2D eigenvalue weighted by molar-refractivity contribution is 7.21. The Morgan fingerprint density at radius 3 is 2.94 bits per heavy atom. The molecule has 3 heterocycles. The van der Waals surface area contributed by atoms with Crippen LogP contribution in [0.4, 0.5) is 5.82 Å². The van der Waals surface area contributed by atoms with E-state index in [0.29, 0.717) is 37.6 Å². The Hall–Kier alpha value is -2.97. The molecule has 4 rings (SSSR count). The molecule has 1 aromatic carbocycles. The second-order valence-electron chi connectivity index (χ2n) is 7.51. The van der Waals surface area contributed by atoms with E-state index in [0.717, 1.165) is 26.9 Å². The molecule has 2 N–H and O–H groups in total. The lowest BCUT2D eigenvalue weighted by molar-refractivity contribution is 0.0790. The van der Waals surface area contributed by atoms with Gasteiger partial charge < -0.3 is 20.3 Å². The van der Waals surface area contributed by atoms with Crippen LogP contribution in [0.2, 0.25) is 0 Å². The number of nitrogens with zero attached hydrogens (tertiary/aromatic N) is 2.